The van der Waals surface area contributed by atoms with E-state index in [0.29, 0.717) is 36.5 Å². The van der Waals surface area contributed by atoms with Gasteiger partial charge in [-0.25, -0.2) is 9.48 Å². The summed E-state index contributed by atoms with van der Waals surface area (Å²) in [7, 11) is 0. The smallest absolute Gasteiger partial charge is 0.341 e. The van der Waals surface area contributed by atoms with Crippen LogP contribution < -0.4 is 0 Å². The Morgan fingerprint density at radius 3 is 2.39 bits per heavy atom. The molecule has 1 aliphatic rings. The molecule has 3 aromatic rings. The molecule has 1 aromatic heterocycles. The van der Waals surface area contributed by atoms with Crippen molar-refractivity contribution in [3.8, 4) is 5.69 Å². The molecule has 1 aliphatic heterocycles. The highest BCUT2D eigenvalue weighted by Crippen LogP contribution is 2.18. The third-order valence-corrected chi connectivity index (χ3v) is 6.01. The van der Waals surface area contributed by atoms with Crippen LogP contribution in [0.25, 0.3) is 5.69 Å². The van der Waals surface area contributed by atoms with E-state index in [-0.39, 0.29) is 11.9 Å². The second-order valence-corrected chi connectivity index (χ2v) is 8.38. The van der Waals surface area contributed by atoms with Crippen LogP contribution in [0.3, 0.4) is 0 Å². The molecule has 4 rings (SSSR count). The lowest BCUT2D eigenvalue weighted by Crippen LogP contribution is -2.48. The first kappa shape index (κ1) is 22.7. The van der Waals surface area contributed by atoms with Gasteiger partial charge in [0.05, 0.1) is 24.2 Å². The van der Waals surface area contributed by atoms with Crippen LogP contribution in [0.2, 0.25) is 0 Å². The maximum Gasteiger partial charge on any atom is 0.341 e. The SMILES string of the molecule is CCOC(=O)c1cnn(-c2ccc(C(=O)N3CCN(Cc4cccc(C)c4)CC3)cc2)c1C. The number of ether oxygens (including phenoxy) is 1. The van der Waals surface area contributed by atoms with Gasteiger partial charge >= 0.3 is 5.97 Å². The third kappa shape index (κ3) is 5.14. The van der Waals surface area contributed by atoms with Crippen LogP contribution in [0.4, 0.5) is 0 Å². The fourth-order valence-corrected chi connectivity index (χ4v) is 4.18. The number of esters is 1. The molecule has 33 heavy (non-hydrogen) atoms. The second kappa shape index (κ2) is 10.0. The molecule has 0 bridgehead atoms. The summed E-state index contributed by atoms with van der Waals surface area (Å²) in [5.41, 5.74) is 5.18. The summed E-state index contributed by atoms with van der Waals surface area (Å²) in [5, 5.41) is 4.32. The van der Waals surface area contributed by atoms with E-state index in [0.717, 1.165) is 25.3 Å². The molecule has 7 nitrogen and oxygen atoms in total. The first-order valence-electron chi connectivity index (χ1n) is 11.4. The van der Waals surface area contributed by atoms with E-state index >= 15 is 0 Å². The number of piperazine rings is 1. The summed E-state index contributed by atoms with van der Waals surface area (Å²) in [4.78, 5) is 29.4. The van der Waals surface area contributed by atoms with Gasteiger partial charge in [0.25, 0.3) is 5.91 Å². The number of carbonyl (C=O) groups excluding carboxylic acids is 2. The third-order valence-electron chi connectivity index (χ3n) is 6.01. The van der Waals surface area contributed by atoms with Crippen molar-refractivity contribution in [3.05, 3.63) is 82.7 Å². The minimum Gasteiger partial charge on any atom is -0.462 e. The van der Waals surface area contributed by atoms with Crippen LogP contribution in [0, 0.1) is 13.8 Å². The van der Waals surface area contributed by atoms with Gasteiger partial charge < -0.3 is 9.64 Å². The van der Waals surface area contributed by atoms with Gasteiger partial charge in [0.2, 0.25) is 0 Å². The van der Waals surface area contributed by atoms with Gasteiger partial charge in [0.1, 0.15) is 5.56 Å². The van der Waals surface area contributed by atoms with Crippen LogP contribution in [-0.4, -0.2) is 64.2 Å². The molecule has 2 heterocycles. The summed E-state index contributed by atoms with van der Waals surface area (Å²) in [6.45, 7) is 10.1. The van der Waals surface area contributed by atoms with Crippen molar-refractivity contribution in [1.82, 2.24) is 19.6 Å². The van der Waals surface area contributed by atoms with Gasteiger partial charge in [-0.3, -0.25) is 9.69 Å². The number of nitrogens with zero attached hydrogens (tertiary/aromatic N) is 4. The second-order valence-electron chi connectivity index (χ2n) is 8.38. The minimum atomic E-state index is -0.380. The minimum absolute atomic E-state index is 0.0427. The van der Waals surface area contributed by atoms with E-state index in [1.807, 2.05) is 36.1 Å². The molecule has 1 fully saturated rings. The number of amides is 1. The first-order valence-corrected chi connectivity index (χ1v) is 11.4. The molecule has 0 unspecified atom stereocenters. The molecule has 0 aliphatic carbocycles. The predicted octanol–water partition coefficient (Wildman–Crippen LogP) is 3.62. The van der Waals surface area contributed by atoms with Gasteiger partial charge in [-0.15, -0.1) is 0 Å². The average Bonchev–Trinajstić information content (AvgIpc) is 3.21. The molecule has 7 heteroatoms. The summed E-state index contributed by atoms with van der Waals surface area (Å²) in [5.74, 6) is -0.337. The van der Waals surface area contributed by atoms with Crippen molar-refractivity contribution >= 4 is 11.9 Å². The lowest BCUT2D eigenvalue weighted by molar-refractivity contribution is 0.0525. The van der Waals surface area contributed by atoms with Crippen molar-refractivity contribution in [2.24, 2.45) is 0 Å². The Morgan fingerprint density at radius 1 is 1.00 bits per heavy atom. The van der Waals surface area contributed by atoms with E-state index in [2.05, 4.69) is 41.2 Å². The molecule has 1 saturated heterocycles. The number of aryl methyl sites for hydroxylation is 1. The van der Waals surface area contributed by atoms with Crippen molar-refractivity contribution in [3.63, 3.8) is 0 Å². The molecule has 172 valence electrons. The first-order chi connectivity index (χ1) is 16.0. The Hall–Kier alpha value is -3.45. The monoisotopic (exact) mass is 446 g/mol. The van der Waals surface area contributed by atoms with Crippen LogP contribution in [-0.2, 0) is 11.3 Å². The zero-order valence-corrected chi connectivity index (χ0v) is 19.5. The van der Waals surface area contributed by atoms with E-state index in [1.54, 1.807) is 11.6 Å². The molecule has 0 radical (unpaired) electrons. The van der Waals surface area contributed by atoms with Crippen molar-refractivity contribution in [1.29, 1.82) is 0 Å². The number of hydrogen-bond donors (Lipinski definition) is 0. The highest BCUT2D eigenvalue weighted by Gasteiger charge is 2.22. The number of rotatable bonds is 6. The lowest BCUT2D eigenvalue weighted by Gasteiger charge is -2.34. The predicted molar refractivity (Wildman–Crippen MR) is 127 cm³/mol. The molecule has 1 amide bonds. The quantitative estimate of drug-likeness (QED) is 0.541. The molecular formula is C26H30N4O3. The summed E-state index contributed by atoms with van der Waals surface area (Å²) >= 11 is 0. The van der Waals surface area contributed by atoms with Crippen molar-refractivity contribution < 1.29 is 14.3 Å². The number of aromatic nitrogens is 2. The molecule has 2 aromatic carbocycles. The molecular weight excluding hydrogens is 416 g/mol. The Balaban J connectivity index is 1.37. The Bertz CT molecular complexity index is 1130. The summed E-state index contributed by atoms with van der Waals surface area (Å²) < 4.78 is 6.76. The van der Waals surface area contributed by atoms with Crippen molar-refractivity contribution in [2.45, 2.75) is 27.3 Å². The largest absolute Gasteiger partial charge is 0.462 e. The molecule has 0 atom stereocenters. The van der Waals surface area contributed by atoms with E-state index in [4.69, 9.17) is 4.74 Å². The fourth-order valence-electron chi connectivity index (χ4n) is 4.18. The number of hydrogen-bond acceptors (Lipinski definition) is 5. The highest BCUT2D eigenvalue weighted by atomic mass is 16.5. The van der Waals surface area contributed by atoms with Crippen LogP contribution in [0.15, 0.2) is 54.7 Å². The van der Waals surface area contributed by atoms with Gasteiger partial charge in [-0.05, 0) is 50.6 Å². The summed E-state index contributed by atoms with van der Waals surface area (Å²) in [6, 6.07) is 15.9. The fraction of sp³-hybridized carbons (Fsp3) is 0.346. The van der Waals surface area contributed by atoms with Crippen LogP contribution in [0.1, 0.15) is 44.5 Å². The number of carbonyl (C=O) groups is 2. The highest BCUT2D eigenvalue weighted by molar-refractivity contribution is 5.94. The van der Waals surface area contributed by atoms with Gasteiger partial charge in [0, 0.05) is 38.3 Å². The van der Waals surface area contributed by atoms with Crippen LogP contribution >= 0.6 is 0 Å². The number of benzene rings is 2. The maximum atomic E-state index is 13.0. The zero-order chi connectivity index (χ0) is 23.4. The van der Waals surface area contributed by atoms with Crippen LogP contribution in [0.5, 0.6) is 0 Å². The van der Waals surface area contributed by atoms with E-state index in [1.165, 1.54) is 17.3 Å². The Morgan fingerprint density at radius 2 is 1.73 bits per heavy atom. The topological polar surface area (TPSA) is 67.7 Å². The van der Waals surface area contributed by atoms with E-state index in [9.17, 15) is 9.59 Å². The van der Waals surface area contributed by atoms with Crippen molar-refractivity contribution in [2.75, 3.05) is 32.8 Å². The normalized spacial score (nSPS) is 14.3. The molecule has 0 spiro atoms. The standard InChI is InChI=1S/C26H30N4O3/c1-4-33-26(32)24-17-27-30(20(24)3)23-10-8-22(9-11-23)25(31)29-14-12-28(13-15-29)18-21-7-5-6-19(2)16-21/h5-11,16-17H,4,12-15,18H2,1-3H3. The maximum absolute atomic E-state index is 13.0. The Kier molecular flexibility index (Phi) is 6.89. The van der Waals surface area contributed by atoms with Gasteiger partial charge in [-0.2, -0.15) is 5.10 Å². The molecule has 0 N–H and O–H groups in total. The Labute approximate surface area is 194 Å². The molecule has 0 saturated carbocycles. The average molecular weight is 447 g/mol. The van der Waals surface area contributed by atoms with Gasteiger partial charge in [-0.1, -0.05) is 29.8 Å². The lowest BCUT2D eigenvalue weighted by atomic mass is 10.1. The zero-order valence-electron chi connectivity index (χ0n) is 19.5. The summed E-state index contributed by atoms with van der Waals surface area (Å²) in [6.07, 6.45) is 1.52. The van der Waals surface area contributed by atoms with E-state index < -0.39 is 0 Å². The van der Waals surface area contributed by atoms with Gasteiger partial charge in [0.15, 0.2) is 0 Å².